The summed E-state index contributed by atoms with van der Waals surface area (Å²) in [4.78, 5) is 24.1. The maximum absolute atomic E-state index is 12.3. The van der Waals surface area contributed by atoms with Crippen molar-refractivity contribution in [1.82, 2.24) is 4.57 Å². The maximum Gasteiger partial charge on any atom is 0.343 e. The number of aliphatic hydroxyl groups is 2. The van der Waals surface area contributed by atoms with E-state index in [9.17, 15) is 19.8 Å². The summed E-state index contributed by atoms with van der Waals surface area (Å²) in [5.74, 6) is -0.737. The van der Waals surface area contributed by atoms with E-state index >= 15 is 0 Å². The first-order valence-corrected chi connectivity index (χ1v) is 6.33. The second-order valence-corrected chi connectivity index (χ2v) is 5.01. The minimum Gasteiger partial charge on any atom is -0.458 e. The molecule has 0 fully saturated rings. The van der Waals surface area contributed by atoms with Crippen molar-refractivity contribution in [3.8, 4) is 0 Å². The number of rotatable bonds is 1. The van der Waals surface area contributed by atoms with Crippen molar-refractivity contribution < 1.29 is 19.7 Å². The van der Waals surface area contributed by atoms with E-state index in [4.69, 9.17) is 4.74 Å². The predicted molar refractivity (Wildman–Crippen MR) is 64.3 cm³/mol. The van der Waals surface area contributed by atoms with Gasteiger partial charge in [-0.2, -0.15) is 0 Å². The van der Waals surface area contributed by atoms with Crippen LogP contribution in [0.3, 0.4) is 0 Å². The number of carbonyl (C=O) groups is 1. The van der Waals surface area contributed by atoms with Crippen LogP contribution in [0.2, 0.25) is 0 Å². The Kier molecular flexibility index (Phi) is 2.55. The standard InChI is InChI=1S/C13H15NO5/c1-2-13(18)8-5-9-10(15)3-4-14(9)11(16)7(8)6-19-12(13)17/h5,10,15,18H,2-4,6H2,1H3/t10?,13-/m0/s1. The van der Waals surface area contributed by atoms with Gasteiger partial charge in [0.05, 0.1) is 17.4 Å². The van der Waals surface area contributed by atoms with Crippen LogP contribution in [0.4, 0.5) is 0 Å². The highest BCUT2D eigenvalue weighted by atomic mass is 16.6. The SMILES string of the molecule is CC[C@@]1(O)C(=O)OCc2c1cc1n(c2=O)CCC1O. The molecular weight excluding hydrogens is 250 g/mol. The van der Waals surface area contributed by atoms with Gasteiger partial charge in [-0.05, 0) is 18.9 Å². The lowest BCUT2D eigenvalue weighted by molar-refractivity contribution is -0.172. The molecule has 6 nitrogen and oxygen atoms in total. The molecule has 1 unspecified atom stereocenters. The molecule has 0 bridgehead atoms. The molecule has 3 heterocycles. The molecule has 3 rings (SSSR count). The molecule has 0 spiro atoms. The van der Waals surface area contributed by atoms with E-state index in [1.807, 2.05) is 0 Å². The van der Waals surface area contributed by atoms with E-state index in [0.717, 1.165) is 0 Å². The van der Waals surface area contributed by atoms with Crippen molar-refractivity contribution in [2.45, 2.75) is 44.6 Å². The summed E-state index contributed by atoms with van der Waals surface area (Å²) in [5.41, 5.74) is -1.02. The summed E-state index contributed by atoms with van der Waals surface area (Å²) in [5, 5.41) is 20.3. The van der Waals surface area contributed by atoms with Gasteiger partial charge in [0.15, 0.2) is 5.60 Å². The minimum absolute atomic E-state index is 0.119. The highest BCUT2D eigenvalue weighted by Gasteiger charge is 2.45. The molecule has 2 N–H and O–H groups in total. The van der Waals surface area contributed by atoms with Crippen molar-refractivity contribution in [2.75, 3.05) is 0 Å². The van der Waals surface area contributed by atoms with Gasteiger partial charge in [0.1, 0.15) is 6.61 Å². The van der Waals surface area contributed by atoms with Crippen molar-refractivity contribution in [2.24, 2.45) is 0 Å². The Morgan fingerprint density at radius 1 is 1.53 bits per heavy atom. The fraction of sp³-hybridized carbons (Fsp3) is 0.538. The zero-order valence-corrected chi connectivity index (χ0v) is 10.5. The van der Waals surface area contributed by atoms with E-state index in [2.05, 4.69) is 0 Å². The van der Waals surface area contributed by atoms with Crippen molar-refractivity contribution in [3.63, 3.8) is 0 Å². The molecule has 2 aliphatic heterocycles. The second kappa shape index (κ2) is 3.91. The monoisotopic (exact) mass is 265 g/mol. The predicted octanol–water partition coefficient (Wildman–Crippen LogP) is -0.0602. The Bertz CT molecular complexity index is 620. The molecule has 1 aromatic rings. The summed E-state index contributed by atoms with van der Waals surface area (Å²) < 4.78 is 6.40. The number of fused-ring (bicyclic) bond motifs is 2. The molecule has 102 valence electrons. The van der Waals surface area contributed by atoms with E-state index in [1.165, 1.54) is 4.57 Å². The number of esters is 1. The number of carbonyl (C=O) groups excluding carboxylic acids is 1. The van der Waals surface area contributed by atoms with Crippen LogP contribution in [0.1, 0.15) is 42.7 Å². The first-order chi connectivity index (χ1) is 8.99. The molecule has 19 heavy (non-hydrogen) atoms. The zero-order valence-electron chi connectivity index (χ0n) is 10.5. The van der Waals surface area contributed by atoms with Crippen LogP contribution in [0, 0.1) is 0 Å². The Labute approximate surface area is 109 Å². The van der Waals surface area contributed by atoms with Gasteiger partial charge in [-0.25, -0.2) is 4.79 Å². The van der Waals surface area contributed by atoms with Crippen LogP contribution in [0.15, 0.2) is 10.9 Å². The van der Waals surface area contributed by atoms with Gasteiger partial charge in [-0.3, -0.25) is 4.79 Å². The summed E-state index contributed by atoms with van der Waals surface area (Å²) >= 11 is 0. The average molecular weight is 265 g/mol. The summed E-state index contributed by atoms with van der Waals surface area (Å²) in [7, 11) is 0. The molecule has 0 saturated heterocycles. The molecule has 0 radical (unpaired) electrons. The van der Waals surface area contributed by atoms with Gasteiger partial charge < -0.3 is 19.5 Å². The average Bonchev–Trinajstić information content (AvgIpc) is 2.77. The van der Waals surface area contributed by atoms with Crippen LogP contribution < -0.4 is 5.56 Å². The molecule has 2 atom stereocenters. The Balaban J connectivity index is 2.30. The first kappa shape index (κ1) is 12.4. The van der Waals surface area contributed by atoms with Gasteiger partial charge >= 0.3 is 5.97 Å². The van der Waals surface area contributed by atoms with Crippen LogP contribution >= 0.6 is 0 Å². The van der Waals surface area contributed by atoms with Gasteiger partial charge in [-0.1, -0.05) is 6.92 Å². The van der Waals surface area contributed by atoms with Crippen LogP contribution in [-0.2, 0) is 28.3 Å². The van der Waals surface area contributed by atoms with Crippen molar-refractivity contribution >= 4 is 5.97 Å². The summed E-state index contributed by atoms with van der Waals surface area (Å²) in [6.07, 6.45) is -0.132. The van der Waals surface area contributed by atoms with Gasteiger partial charge in [0.2, 0.25) is 0 Å². The topological polar surface area (TPSA) is 88.8 Å². The number of pyridine rings is 1. The fourth-order valence-electron chi connectivity index (χ4n) is 2.82. The van der Waals surface area contributed by atoms with Crippen molar-refractivity contribution in [1.29, 1.82) is 0 Å². The quantitative estimate of drug-likeness (QED) is 0.694. The van der Waals surface area contributed by atoms with Gasteiger partial charge in [0.25, 0.3) is 5.56 Å². The van der Waals surface area contributed by atoms with E-state index in [-0.39, 0.29) is 24.2 Å². The number of hydrogen-bond donors (Lipinski definition) is 2. The molecule has 0 amide bonds. The third-order valence-corrected chi connectivity index (χ3v) is 4.04. The number of ether oxygens (including phenoxy) is 1. The Morgan fingerprint density at radius 3 is 2.95 bits per heavy atom. The molecule has 1 aromatic heterocycles. The van der Waals surface area contributed by atoms with E-state index in [1.54, 1.807) is 13.0 Å². The third-order valence-electron chi connectivity index (χ3n) is 4.04. The second-order valence-electron chi connectivity index (χ2n) is 5.01. The zero-order chi connectivity index (χ0) is 13.8. The molecule has 0 aliphatic carbocycles. The Hall–Kier alpha value is -1.66. The number of aromatic nitrogens is 1. The number of nitrogens with zero attached hydrogens (tertiary/aromatic N) is 1. The molecule has 0 aromatic carbocycles. The lowest BCUT2D eigenvalue weighted by Crippen LogP contribution is -2.44. The highest BCUT2D eigenvalue weighted by Crippen LogP contribution is 2.36. The van der Waals surface area contributed by atoms with Gasteiger partial charge in [0, 0.05) is 12.1 Å². The van der Waals surface area contributed by atoms with Gasteiger partial charge in [-0.15, -0.1) is 0 Å². The van der Waals surface area contributed by atoms with Crippen LogP contribution in [0.5, 0.6) is 0 Å². The number of aliphatic hydroxyl groups excluding tert-OH is 1. The largest absolute Gasteiger partial charge is 0.458 e. The third kappa shape index (κ3) is 1.50. The first-order valence-electron chi connectivity index (χ1n) is 6.33. The molecule has 6 heteroatoms. The maximum atomic E-state index is 12.3. The van der Waals surface area contributed by atoms with Crippen LogP contribution in [0.25, 0.3) is 0 Å². The Morgan fingerprint density at radius 2 is 2.26 bits per heavy atom. The van der Waals surface area contributed by atoms with Crippen molar-refractivity contribution in [3.05, 3.63) is 33.2 Å². The lowest BCUT2D eigenvalue weighted by Gasteiger charge is -2.31. The van der Waals surface area contributed by atoms with Crippen LogP contribution in [-0.4, -0.2) is 20.7 Å². The summed E-state index contributed by atoms with van der Waals surface area (Å²) in [6.45, 7) is 1.98. The lowest BCUT2D eigenvalue weighted by atomic mass is 9.86. The normalized spacial score (nSPS) is 28.8. The minimum atomic E-state index is -1.79. The molecule has 0 saturated carbocycles. The smallest absolute Gasteiger partial charge is 0.343 e. The highest BCUT2D eigenvalue weighted by molar-refractivity contribution is 5.83. The number of cyclic esters (lactones) is 1. The summed E-state index contributed by atoms with van der Waals surface area (Å²) in [6, 6.07) is 1.57. The molecule has 2 aliphatic rings. The fourth-order valence-corrected chi connectivity index (χ4v) is 2.82. The van der Waals surface area contributed by atoms with E-state index < -0.39 is 17.7 Å². The number of hydrogen-bond acceptors (Lipinski definition) is 5. The molecular formula is C13H15NO5. The van der Waals surface area contributed by atoms with E-state index in [0.29, 0.717) is 24.2 Å².